The first-order valence-electron chi connectivity index (χ1n) is 7.58. The number of hydrogen-bond donors (Lipinski definition) is 0. The molecule has 0 atom stereocenters. The highest BCUT2D eigenvalue weighted by Gasteiger charge is 2.28. The molecular weight excluding hydrogens is 341 g/mol. The highest BCUT2D eigenvalue weighted by Crippen LogP contribution is 2.22. The van der Waals surface area contributed by atoms with Gasteiger partial charge in [0.25, 0.3) is 0 Å². The zero-order chi connectivity index (χ0) is 17.6. The van der Waals surface area contributed by atoms with Gasteiger partial charge in [-0.15, -0.1) is 5.10 Å². The predicted octanol–water partition coefficient (Wildman–Crippen LogP) is 3.30. The molecule has 1 saturated heterocycles. The summed E-state index contributed by atoms with van der Waals surface area (Å²) in [6, 6.07) is 13.5. The van der Waals surface area contributed by atoms with Crippen molar-refractivity contribution in [3.05, 3.63) is 65.5 Å². The number of methoxy groups -OCH3 is 1. The van der Waals surface area contributed by atoms with Gasteiger partial charge in [-0.05, 0) is 47.5 Å². The molecule has 2 aromatic rings. The lowest BCUT2D eigenvalue weighted by atomic mass is 10.2. The second-order valence-electron chi connectivity index (χ2n) is 5.30. The first-order valence-corrected chi connectivity index (χ1v) is 8.57. The smallest absolute Gasteiger partial charge is 0.239 e. The minimum absolute atomic E-state index is 0.0345. The molecule has 128 valence electrons. The van der Waals surface area contributed by atoms with Crippen LogP contribution in [0.25, 0.3) is 0 Å². The summed E-state index contributed by atoms with van der Waals surface area (Å²) in [6.07, 6.45) is 1.62. The molecule has 0 radical (unpaired) electrons. The monoisotopic (exact) mass is 357 g/mol. The molecule has 0 spiro atoms. The molecule has 1 amide bonds. The molecule has 0 bridgehead atoms. The number of benzene rings is 2. The van der Waals surface area contributed by atoms with Crippen LogP contribution in [0.5, 0.6) is 5.75 Å². The van der Waals surface area contributed by atoms with Crippen LogP contribution in [0.4, 0.5) is 4.39 Å². The summed E-state index contributed by atoms with van der Waals surface area (Å²) in [5, 5.41) is 8.76. The molecule has 25 heavy (non-hydrogen) atoms. The van der Waals surface area contributed by atoms with Gasteiger partial charge in [0, 0.05) is 0 Å². The molecule has 0 saturated carbocycles. The second kappa shape index (κ2) is 7.94. The Kier molecular flexibility index (Phi) is 5.45. The van der Waals surface area contributed by atoms with Crippen LogP contribution in [0, 0.1) is 5.82 Å². The van der Waals surface area contributed by atoms with Crippen molar-refractivity contribution in [2.75, 3.05) is 12.9 Å². The minimum Gasteiger partial charge on any atom is -0.497 e. The highest BCUT2D eigenvalue weighted by atomic mass is 32.2. The van der Waals surface area contributed by atoms with Gasteiger partial charge in [-0.2, -0.15) is 5.10 Å². The summed E-state index contributed by atoms with van der Waals surface area (Å²) >= 11 is 1.34. The summed E-state index contributed by atoms with van der Waals surface area (Å²) in [5.74, 6) is 0.764. The van der Waals surface area contributed by atoms with Crippen LogP contribution in [0.2, 0.25) is 0 Å². The number of carbonyl (C=O) groups excluding carboxylic acids is 1. The third-order valence-corrected chi connectivity index (χ3v) is 4.53. The Labute approximate surface area is 149 Å². The van der Waals surface area contributed by atoms with E-state index in [0.717, 1.165) is 16.9 Å². The Bertz CT molecular complexity index is 804. The summed E-state index contributed by atoms with van der Waals surface area (Å²) in [7, 11) is 1.61. The Balaban J connectivity index is 1.70. The average molecular weight is 357 g/mol. The normalized spacial score (nSPS) is 16.2. The van der Waals surface area contributed by atoms with E-state index in [1.165, 1.54) is 23.9 Å². The molecule has 0 unspecified atom stereocenters. The zero-order valence-electron chi connectivity index (χ0n) is 13.6. The fourth-order valence-corrected chi connectivity index (χ4v) is 3.07. The first-order chi connectivity index (χ1) is 12.2. The van der Waals surface area contributed by atoms with Crippen LogP contribution in [0.3, 0.4) is 0 Å². The van der Waals surface area contributed by atoms with Crippen LogP contribution < -0.4 is 4.74 Å². The van der Waals surface area contributed by atoms with Gasteiger partial charge in [-0.3, -0.25) is 9.69 Å². The maximum absolute atomic E-state index is 13.0. The standard InChI is InChI=1S/C18H16FN3O2S/c1-24-16-8-4-13(5-9-16)10-20-21-18-22(17(23)12-25-18)11-14-2-6-15(19)7-3-14/h2-10H,11-12H2,1H3/b20-10-,21-18+. The molecule has 1 aliphatic heterocycles. The van der Waals surface area contributed by atoms with Gasteiger partial charge < -0.3 is 4.74 Å². The minimum atomic E-state index is -0.302. The van der Waals surface area contributed by atoms with E-state index in [1.807, 2.05) is 24.3 Å². The molecule has 0 aromatic heterocycles. The lowest BCUT2D eigenvalue weighted by molar-refractivity contribution is -0.124. The molecule has 1 aliphatic rings. The molecule has 0 aliphatic carbocycles. The van der Waals surface area contributed by atoms with Gasteiger partial charge in [0.2, 0.25) is 5.91 Å². The van der Waals surface area contributed by atoms with Crippen molar-refractivity contribution < 1.29 is 13.9 Å². The van der Waals surface area contributed by atoms with Gasteiger partial charge in [-0.25, -0.2) is 4.39 Å². The largest absolute Gasteiger partial charge is 0.497 e. The third-order valence-electron chi connectivity index (χ3n) is 3.58. The van der Waals surface area contributed by atoms with Gasteiger partial charge in [0.15, 0.2) is 5.17 Å². The van der Waals surface area contributed by atoms with Crippen molar-refractivity contribution in [3.8, 4) is 5.75 Å². The Morgan fingerprint density at radius 1 is 1.20 bits per heavy atom. The highest BCUT2D eigenvalue weighted by molar-refractivity contribution is 8.15. The van der Waals surface area contributed by atoms with Gasteiger partial charge in [0.05, 0.1) is 25.6 Å². The van der Waals surface area contributed by atoms with E-state index in [-0.39, 0.29) is 11.7 Å². The number of rotatable bonds is 5. The van der Waals surface area contributed by atoms with Crippen LogP contribution in [-0.2, 0) is 11.3 Å². The van der Waals surface area contributed by atoms with Crippen LogP contribution in [0.1, 0.15) is 11.1 Å². The quantitative estimate of drug-likeness (QED) is 0.609. The number of hydrogen-bond acceptors (Lipinski definition) is 5. The summed E-state index contributed by atoms with van der Waals surface area (Å²) in [4.78, 5) is 13.6. The molecular formula is C18H16FN3O2S. The van der Waals surface area contributed by atoms with Crippen molar-refractivity contribution in [3.63, 3.8) is 0 Å². The van der Waals surface area contributed by atoms with Crippen molar-refractivity contribution in [1.82, 2.24) is 4.90 Å². The van der Waals surface area contributed by atoms with E-state index >= 15 is 0 Å². The van der Waals surface area contributed by atoms with E-state index in [2.05, 4.69) is 10.2 Å². The third kappa shape index (κ3) is 4.45. The topological polar surface area (TPSA) is 54.3 Å². The summed E-state index contributed by atoms with van der Waals surface area (Å²) < 4.78 is 18.1. The second-order valence-corrected chi connectivity index (χ2v) is 6.24. The van der Waals surface area contributed by atoms with Crippen LogP contribution in [0.15, 0.2) is 58.7 Å². The van der Waals surface area contributed by atoms with Crippen LogP contribution >= 0.6 is 11.8 Å². The molecule has 0 N–H and O–H groups in total. The Morgan fingerprint density at radius 3 is 2.60 bits per heavy atom. The number of halogens is 1. The number of amidine groups is 1. The molecule has 2 aromatic carbocycles. The molecule has 7 heteroatoms. The van der Waals surface area contributed by atoms with Crippen molar-refractivity contribution in [1.29, 1.82) is 0 Å². The molecule has 5 nitrogen and oxygen atoms in total. The van der Waals surface area contributed by atoms with Crippen LogP contribution in [-0.4, -0.2) is 35.1 Å². The van der Waals surface area contributed by atoms with Gasteiger partial charge >= 0.3 is 0 Å². The average Bonchev–Trinajstić information content (AvgIpc) is 2.98. The summed E-state index contributed by atoms with van der Waals surface area (Å²) in [5.41, 5.74) is 1.72. The SMILES string of the molecule is COc1ccc(/C=N\N=C2\SCC(=O)N2Cc2ccc(F)cc2)cc1. The molecule has 3 rings (SSSR count). The number of carbonyl (C=O) groups is 1. The first kappa shape index (κ1) is 17.2. The number of thioether (sulfide) groups is 1. The molecule has 1 heterocycles. The molecule has 1 fully saturated rings. The predicted molar refractivity (Wildman–Crippen MR) is 97.4 cm³/mol. The van der Waals surface area contributed by atoms with E-state index < -0.39 is 0 Å². The Hall–Kier alpha value is -2.67. The van der Waals surface area contributed by atoms with Crippen molar-refractivity contribution >= 4 is 29.1 Å². The zero-order valence-corrected chi connectivity index (χ0v) is 14.4. The lowest BCUT2D eigenvalue weighted by Gasteiger charge is -2.15. The number of nitrogens with zero attached hydrogens (tertiary/aromatic N) is 3. The maximum Gasteiger partial charge on any atom is 0.239 e. The van der Waals surface area contributed by atoms with Crippen molar-refractivity contribution in [2.24, 2.45) is 10.2 Å². The van der Waals surface area contributed by atoms with Crippen molar-refractivity contribution in [2.45, 2.75) is 6.54 Å². The van der Waals surface area contributed by atoms with E-state index in [1.54, 1.807) is 30.4 Å². The van der Waals surface area contributed by atoms with Gasteiger partial charge in [0.1, 0.15) is 11.6 Å². The fourth-order valence-electron chi connectivity index (χ4n) is 2.23. The fraction of sp³-hybridized carbons (Fsp3) is 0.167. The maximum atomic E-state index is 13.0. The number of amides is 1. The van der Waals surface area contributed by atoms with E-state index in [9.17, 15) is 9.18 Å². The number of ether oxygens (including phenoxy) is 1. The van der Waals surface area contributed by atoms with E-state index in [0.29, 0.717) is 17.5 Å². The van der Waals surface area contributed by atoms with Gasteiger partial charge in [-0.1, -0.05) is 23.9 Å². The summed E-state index contributed by atoms with van der Waals surface area (Å²) in [6.45, 7) is 0.350. The lowest BCUT2D eigenvalue weighted by Crippen LogP contribution is -2.28. The Morgan fingerprint density at radius 2 is 1.92 bits per heavy atom. The van der Waals surface area contributed by atoms with E-state index in [4.69, 9.17) is 4.74 Å².